The van der Waals surface area contributed by atoms with E-state index in [1.165, 1.54) is 0 Å². The van der Waals surface area contributed by atoms with Crippen molar-refractivity contribution in [3.63, 3.8) is 0 Å². The molecule has 5 heteroatoms. The van der Waals surface area contributed by atoms with Gasteiger partial charge in [-0.15, -0.1) is 0 Å². The molecule has 0 fully saturated rings. The van der Waals surface area contributed by atoms with Gasteiger partial charge in [0.05, 0.1) is 18.8 Å². The van der Waals surface area contributed by atoms with E-state index in [4.69, 9.17) is 9.47 Å². The highest BCUT2D eigenvalue weighted by atomic mass is 16.5. The maximum atomic E-state index is 5.15. The molecule has 1 rings (SSSR count). The standard InChI is InChI=1S/C11H21N3O2/c1-11(2,9-16-4)13-10-12-5-6-14(10)7-8-15-3/h5-6H,7-9H2,1-4H3,(H,12,13). The van der Waals surface area contributed by atoms with Crippen molar-refractivity contribution in [2.75, 3.05) is 32.8 Å². The second-order valence-corrected chi connectivity index (χ2v) is 4.38. The first kappa shape index (κ1) is 13.0. The minimum atomic E-state index is -0.134. The molecule has 1 N–H and O–H groups in total. The van der Waals surface area contributed by atoms with Gasteiger partial charge in [-0.2, -0.15) is 0 Å². The summed E-state index contributed by atoms with van der Waals surface area (Å²) in [4.78, 5) is 4.28. The zero-order chi connectivity index (χ0) is 12.0. The lowest BCUT2D eigenvalue weighted by Gasteiger charge is -2.26. The zero-order valence-electron chi connectivity index (χ0n) is 10.5. The van der Waals surface area contributed by atoms with Gasteiger partial charge in [0.1, 0.15) is 0 Å². The van der Waals surface area contributed by atoms with Crippen LogP contribution in [0.15, 0.2) is 12.4 Å². The Labute approximate surface area is 96.8 Å². The molecule has 5 nitrogen and oxygen atoms in total. The van der Waals surface area contributed by atoms with E-state index in [1.54, 1.807) is 20.4 Å². The molecule has 0 radical (unpaired) electrons. The second kappa shape index (κ2) is 5.86. The molecule has 1 aromatic heterocycles. The predicted molar refractivity (Wildman–Crippen MR) is 63.7 cm³/mol. The number of aromatic nitrogens is 2. The Bertz CT molecular complexity index is 310. The van der Waals surface area contributed by atoms with Crippen LogP contribution in [-0.4, -0.2) is 42.5 Å². The summed E-state index contributed by atoms with van der Waals surface area (Å²) < 4.78 is 12.2. The fourth-order valence-electron chi connectivity index (χ4n) is 1.50. The van der Waals surface area contributed by atoms with Crippen molar-refractivity contribution in [3.05, 3.63) is 12.4 Å². The van der Waals surface area contributed by atoms with Crippen LogP contribution in [0.3, 0.4) is 0 Å². The minimum Gasteiger partial charge on any atom is -0.383 e. The normalized spacial score (nSPS) is 11.8. The highest BCUT2D eigenvalue weighted by Crippen LogP contribution is 2.13. The summed E-state index contributed by atoms with van der Waals surface area (Å²) in [6, 6.07) is 0. The van der Waals surface area contributed by atoms with Gasteiger partial charge in [0.15, 0.2) is 0 Å². The number of hydrogen-bond donors (Lipinski definition) is 1. The van der Waals surface area contributed by atoms with Crippen molar-refractivity contribution < 1.29 is 9.47 Å². The number of rotatable bonds is 7. The highest BCUT2D eigenvalue weighted by molar-refractivity contribution is 5.30. The molecule has 0 aliphatic heterocycles. The van der Waals surface area contributed by atoms with Crippen molar-refractivity contribution in [1.29, 1.82) is 0 Å². The van der Waals surface area contributed by atoms with Gasteiger partial charge in [-0.25, -0.2) is 4.98 Å². The summed E-state index contributed by atoms with van der Waals surface area (Å²) in [5.41, 5.74) is -0.134. The van der Waals surface area contributed by atoms with E-state index in [0.717, 1.165) is 12.5 Å². The molecule has 1 aromatic rings. The van der Waals surface area contributed by atoms with Gasteiger partial charge in [-0.3, -0.25) is 0 Å². The molecule has 0 aliphatic carbocycles. The maximum Gasteiger partial charge on any atom is 0.203 e. The van der Waals surface area contributed by atoms with Crippen LogP contribution in [-0.2, 0) is 16.0 Å². The average Bonchev–Trinajstić information content (AvgIpc) is 2.61. The van der Waals surface area contributed by atoms with Crippen LogP contribution in [0.4, 0.5) is 5.95 Å². The van der Waals surface area contributed by atoms with Gasteiger partial charge in [0.2, 0.25) is 5.95 Å². The van der Waals surface area contributed by atoms with E-state index in [-0.39, 0.29) is 5.54 Å². The first-order valence-corrected chi connectivity index (χ1v) is 5.36. The van der Waals surface area contributed by atoms with Crippen LogP contribution >= 0.6 is 0 Å². The van der Waals surface area contributed by atoms with Crippen molar-refractivity contribution >= 4 is 5.95 Å². The van der Waals surface area contributed by atoms with Crippen LogP contribution in [0.2, 0.25) is 0 Å². The predicted octanol–water partition coefficient (Wildman–Crippen LogP) is 1.37. The number of ether oxygens (including phenoxy) is 2. The molecule has 92 valence electrons. The third-order valence-corrected chi connectivity index (χ3v) is 2.21. The van der Waals surface area contributed by atoms with Crippen LogP contribution in [0.1, 0.15) is 13.8 Å². The number of anilines is 1. The fraction of sp³-hybridized carbons (Fsp3) is 0.727. The largest absolute Gasteiger partial charge is 0.383 e. The molecule has 0 atom stereocenters. The number of nitrogens with zero attached hydrogens (tertiary/aromatic N) is 2. The third-order valence-electron chi connectivity index (χ3n) is 2.21. The van der Waals surface area contributed by atoms with Gasteiger partial charge < -0.3 is 19.4 Å². The van der Waals surface area contributed by atoms with E-state index < -0.39 is 0 Å². The third kappa shape index (κ3) is 3.83. The topological polar surface area (TPSA) is 48.3 Å². The Balaban J connectivity index is 2.62. The van der Waals surface area contributed by atoms with E-state index in [2.05, 4.69) is 24.1 Å². The van der Waals surface area contributed by atoms with E-state index in [9.17, 15) is 0 Å². The maximum absolute atomic E-state index is 5.15. The molecule has 0 aliphatic rings. The minimum absolute atomic E-state index is 0.134. The number of hydrogen-bond acceptors (Lipinski definition) is 4. The number of nitrogens with one attached hydrogen (secondary N) is 1. The Morgan fingerprint density at radius 2 is 2.12 bits per heavy atom. The van der Waals surface area contributed by atoms with Crippen molar-refractivity contribution in [3.8, 4) is 0 Å². The molecule has 16 heavy (non-hydrogen) atoms. The Morgan fingerprint density at radius 3 is 2.75 bits per heavy atom. The SMILES string of the molecule is COCCn1ccnc1NC(C)(C)COC. The van der Waals surface area contributed by atoms with Gasteiger partial charge in [-0.1, -0.05) is 0 Å². The molecule has 0 spiro atoms. The van der Waals surface area contributed by atoms with E-state index in [0.29, 0.717) is 13.2 Å². The van der Waals surface area contributed by atoms with Crippen molar-refractivity contribution in [2.24, 2.45) is 0 Å². The summed E-state index contributed by atoms with van der Waals surface area (Å²) in [7, 11) is 3.39. The van der Waals surface area contributed by atoms with E-state index in [1.807, 2.05) is 10.8 Å². The first-order valence-electron chi connectivity index (χ1n) is 5.36. The van der Waals surface area contributed by atoms with Crippen molar-refractivity contribution in [1.82, 2.24) is 9.55 Å². The zero-order valence-corrected chi connectivity index (χ0v) is 10.5. The average molecular weight is 227 g/mol. The van der Waals surface area contributed by atoms with Crippen LogP contribution in [0.5, 0.6) is 0 Å². The molecule has 0 amide bonds. The molecule has 0 saturated carbocycles. The lowest BCUT2D eigenvalue weighted by atomic mass is 10.1. The van der Waals surface area contributed by atoms with Crippen LogP contribution in [0, 0.1) is 0 Å². The van der Waals surface area contributed by atoms with Gasteiger partial charge in [0.25, 0.3) is 0 Å². The molecule has 0 bridgehead atoms. The summed E-state index contributed by atoms with van der Waals surface area (Å²) in [5.74, 6) is 0.846. The summed E-state index contributed by atoms with van der Waals surface area (Å²) >= 11 is 0. The fourth-order valence-corrected chi connectivity index (χ4v) is 1.50. The molecular weight excluding hydrogens is 206 g/mol. The summed E-state index contributed by atoms with van der Waals surface area (Å²) in [5, 5.41) is 3.35. The Morgan fingerprint density at radius 1 is 1.38 bits per heavy atom. The van der Waals surface area contributed by atoms with Crippen LogP contribution < -0.4 is 5.32 Å². The van der Waals surface area contributed by atoms with Gasteiger partial charge in [-0.05, 0) is 13.8 Å². The molecular formula is C11H21N3O2. The van der Waals surface area contributed by atoms with Crippen LogP contribution in [0.25, 0.3) is 0 Å². The van der Waals surface area contributed by atoms with E-state index >= 15 is 0 Å². The molecule has 1 heterocycles. The highest BCUT2D eigenvalue weighted by Gasteiger charge is 2.19. The molecule has 0 unspecified atom stereocenters. The Kier molecular flexibility index (Phi) is 4.76. The molecule has 0 saturated heterocycles. The monoisotopic (exact) mass is 227 g/mol. The lowest BCUT2D eigenvalue weighted by molar-refractivity contribution is 0.157. The van der Waals surface area contributed by atoms with Gasteiger partial charge in [0, 0.05) is 33.2 Å². The first-order chi connectivity index (χ1) is 7.59. The molecule has 0 aromatic carbocycles. The second-order valence-electron chi connectivity index (χ2n) is 4.38. The quantitative estimate of drug-likeness (QED) is 0.764. The Hall–Kier alpha value is -1.07. The summed E-state index contributed by atoms with van der Waals surface area (Å²) in [6.07, 6.45) is 3.71. The number of methoxy groups -OCH3 is 2. The van der Waals surface area contributed by atoms with Gasteiger partial charge >= 0.3 is 0 Å². The van der Waals surface area contributed by atoms with Crippen molar-refractivity contribution in [2.45, 2.75) is 25.9 Å². The lowest BCUT2D eigenvalue weighted by Crippen LogP contribution is -2.37. The smallest absolute Gasteiger partial charge is 0.203 e. The number of imidazole rings is 1. The summed E-state index contributed by atoms with van der Waals surface area (Å²) in [6.45, 7) is 6.25.